The van der Waals surface area contributed by atoms with Crippen LogP contribution in [0.25, 0.3) is 0 Å². The van der Waals surface area contributed by atoms with Gasteiger partial charge >= 0.3 is 0 Å². The fourth-order valence-electron chi connectivity index (χ4n) is 3.94. The Morgan fingerprint density at radius 2 is 1.90 bits per heavy atom. The Kier molecular flexibility index (Phi) is 3.74. The van der Waals surface area contributed by atoms with Crippen LogP contribution >= 0.6 is 0 Å². The molecule has 0 aromatic heterocycles. The van der Waals surface area contributed by atoms with Gasteiger partial charge in [0.15, 0.2) is 0 Å². The molecular weight excluding hydrogens is 286 g/mol. The average Bonchev–Trinajstić information content (AvgIpc) is 3.03. The number of fused-ring (bicyclic) bond motifs is 2. The summed E-state index contributed by atoms with van der Waals surface area (Å²) in [5, 5.41) is 0. The molecule has 2 aliphatic rings. The van der Waals surface area contributed by atoms with E-state index in [0.29, 0.717) is 10.8 Å². The second-order valence-electron chi connectivity index (χ2n) is 6.42. The molecule has 0 amide bonds. The first-order chi connectivity index (χ1) is 9.92. The summed E-state index contributed by atoms with van der Waals surface area (Å²) in [6.07, 6.45) is 4.62. The van der Waals surface area contributed by atoms with Crippen molar-refractivity contribution in [2.24, 2.45) is 11.8 Å². The summed E-state index contributed by atoms with van der Waals surface area (Å²) in [4.78, 5) is 0.378. The SMILES string of the molecule is COc1ccc(S(=O)(=O)N[C@H]2C[C@H]3CC[C@@H]2C3)c(C)c1C. The van der Waals surface area contributed by atoms with Crippen LogP contribution < -0.4 is 9.46 Å². The Morgan fingerprint density at radius 3 is 2.48 bits per heavy atom. The van der Waals surface area contributed by atoms with Gasteiger partial charge in [-0.25, -0.2) is 13.1 Å². The molecule has 0 spiro atoms. The minimum absolute atomic E-state index is 0.121. The summed E-state index contributed by atoms with van der Waals surface area (Å²) < 4.78 is 33.6. The number of hydrogen-bond donors (Lipinski definition) is 1. The van der Waals surface area contributed by atoms with Gasteiger partial charge in [0.1, 0.15) is 5.75 Å². The van der Waals surface area contributed by atoms with Crippen LogP contribution in [0.15, 0.2) is 17.0 Å². The lowest BCUT2D eigenvalue weighted by Gasteiger charge is -2.23. The molecule has 116 valence electrons. The van der Waals surface area contributed by atoms with Crippen molar-refractivity contribution < 1.29 is 13.2 Å². The molecule has 0 aliphatic heterocycles. The molecule has 5 heteroatoms. The van der Waals surface area contributed by atoms with E-state index in [9.17, 15) is 8.42 Å². The van der Waals surface area contributed by atoms with E-state index in [4.69, 9.17) is 4.74 Å². The molecule has 0 unspecified atom stereocenters. The third-order valence-electron chi connectivity index (χ3n) is 5.24. The lowest BCUT2D eigenvalue weighted by atomic mass is 9.96. The Balaban J connectivity index is 1.87. The van der Waals surface area contributed by atoms with Gasteiger partial charge in [-0.2, -0.15) is 0 Å². The number of methoxy groups -OCH3 is 1. The Hall–Kier alpha value is -1.07. The van der Waals surface area contributed by atoms with Crippen LogP contribution in [0.4, 0.5) is 0 Å². The Bertz CT molecular complexity index is 654. The Morgan fingerprint density at radius 1 is 1.14 bits per heavy atom. The number of benzene rings is 1. The van der Waals surface area contributed by atoms with Gasteiger partial charge in [-0.3, -0.25) is 0 Å². The first-order valence-corrected chi connectivity index (χ1v) is 9.07. The van der Waals surface area contributed by atoms with Gasteiger partial charge in [-0.15, -0.1) is 0 Å². The van der Waals surface area contributed by atoms with Crippen LogP contribution in [0, 0.1) is 25.7 Å². The molecule has 3 atom stereocenters. The zero-order valence-corrected chi connectivity index (χ0v) is 13.7. The highest BCUT2D eigenvalue weighted by molar-refractivity contribution is 7.89. The number of nitrogens with one attached hydrogen (secondary N) is 1. The molecular formula is C16H23NO3S. The van der Waals surface area contributed by atoms with E-state index in [-0.39, 0.29) is 6.04 Å². The number of sulfonamides is 1. The monoisotopic (exact) mass is 309 g/mol. The van der Waals surface area contributed by atoms with E-state index in [0.717, 1.165) is 29.2 Å². The van der Waals surface area contributed by atoms with Crippen LogP contribution in [0.1, 0.15) is 36.8 Å². The van der Waals surface area contributed by atoms with Crippen LogP contribution in [0.5, 0.6) is 5.75 Å². The minimum atomic E-state index is -3.45. The quantitative estimate of drug-likeness (QED) is 0.930. The second kappa shape index (κ2) is 5.29. The van der Waals surface area contributed by atoms with Gasteiger partial charge in [-0.1, -0.05) is 6.42 Å². The van der Waals surface area contributed by atoms with E-state index >= 15 is 0 Å². The fourth-order valence-corrected chi connectivity index (χ4v) is 5.55. The van der Waals surface area contributed by atoms with Crippen molar-refractivity contribution >= 4 is 10.0 Å². The maximum absolute atomic E-state index is 12.7. The van der Waals surface area contributed by atoms with E-state index in [1.54, 1.807) is 19.2 Å². The van der Waals surface area contributed by atoms with Gasteiger partial charge in [0, 0.05) is 6.04 Å². The van der Waals surface area contributed by atoms with E-state index in [1.807, 2.05) is 13.8 Å². The van der Waals surface area contributed by atoms with Gasteiger partial charge in [0.05, 0.1) is 12.0 Å². The molecule has 4 nitrogen and oxygen atoms in total. The summed E-state index contributed by atoms with van der Waals surface area (Å²) in [7, 11) is -1.85. The molecule has 2 saturated carbocycles. The smallest absolute Gasteiger partial charge is 0.241 e. The van der Waals surface area contributed by atoms with Gasteiger partial charge in [0.25, 0.3) is 0 Å². The summed E-state index contributed by atoms with van der Waals surface area (Å²) in [5.74, 6) is 1.98. The molecule has 1 aromatic rings. The zero-order valence-electron chi connectivity index (χ0n) is 12.8. The minimum Gasteiger partial charge on any atom is -0.496 e. The summed E-state index contributed by atoms with van der Waals surface area (Å²) in [5.41, 5.74) is 1.65. The van der Waals surface area contributed by atoms with E-state index in [1.165, 1.54) is 19.3 Å². The predicted octanol–water partition coefficient (Wildman–Crippen LogP) is 2.78. The van der Waals surface area contributed by atoms with Gasteiger partial charge in [0.2, 0.25) is 10.0 Å². The molecule has 21 heavy (non-hydrogen) atoms. The van der Waals surface area contributed by atoms with E-state index < -0.39 is 10.0 Å². The molecule has 0 radical (unpaired) electrons. The van der Waals surface area contributed by atoms with Crippen LogP contribution in [0.3, 0.4) is 0 Å². The molecule has 1 aromatic carbocycles. The highest BCUT2D eigenvalue weighted by atomic mass is 32.2. The summed E-state index contributed by atoms with van der Waals surface area (Å²) in [6, 6.07) is 3.50. The fraction of sp³-hybridized carbons (Fsp3) is 0.625. The standard InChI is InChI=1S/C16H23NO3S/c1-10-11(2)16(7-6-15(10)20-3)21(18,19)17-14-9-12-4-5-13(14)8-12/h6-7,12-14,17H,4-5,8-9H2,1-3H3/t12-,13+,14-/m0/s1. The van der Waals surface area contributed by atoms with Crippen molar-refractivity contribution in [1.29, 1.82) is 0 Å². The van der Waals surface area contributed by atoms with Gasteiger partial charge in [-0.05, 0) is 68.2 Å². The van der Waals surface area contributed by atoms with Crippen molar-refractivity contribution in [2.75, 3.05) is 7.11 Å². The zero-order chi connectivity index (χ0) is 15.2. The lowest BCUT2D eigenvalue weighted by molar-refractivity contribution is 0.390. The van der Waals surface area contributed by atoms with Crippen molar-refractivity contribution in [1.82, 2.24) is 4.72 Å². The van der Waals surface area contributed by atoms with Gasteiger partial charge < -0.3 is 4.74 Å². The first kappa shape index (κ1) is 14.9. The van der Waals surface area contributed by atoms with Crippen LogP contribution in [-0.4, -0.2) is 21.6 Å². The first-order valence-electron chi connectivity index (χ1n) is 7.59. The molecule has 2 fully saturated rings. The molecule has 1 N–H and O–H groups in total. The normalized spacial score (nSPS) is 28.0. The lowest BCUT2D eigenvalue weighted by Crippen LogP contribution is -2.38. The van der Waals surface area contributed by atoms with Crippen molar-refractivity contribution in [2.45, 2.75) is 50.5 Å². The predicted molar refractivity (Wildman–Crippen MR) is 82.0 cm³/mol. The molecule has 0 saturated heterocycles. The maximum Gasteiger partial charge on any atom is 0.241 e. The largest absolute Gasteiger partial charge is 0.496 e. The maximum atomic E-state index is 12.7. The number of ether oxygens (including phenoxy) is 1. The van der Waals surface area contributed by atoms with Crippen molar-refractivity contribution in [3.63, 3.8) is 0 Å². The number of rotatable bonds is 4. The molecule has 0 heterocycles. The number of hydrogen-bond acceptors (Lipinski definition) is 3. The third-order valence-corrected chi connectivity index (χ3v) is 6.88. The van der Waals surface area contributed by atoms with Crippen molar-refractivity contribution in [3.05, 3.63) is 23.3 Å². The second-order valence-corrected chi connectivity index (χ2v) is 8.10. The van der Waals surface area contributed by atoms with Crippen molar-refractivity contribution in [3.8, 4) is 5.75 Å². The third kappa shape index (κ3) is 2.57. The highest BCUT2D eigenvalue weighted by Crippen LogP contribution is 2.45. The van der Waals surface area contributed by atoms with E-state index in [2.05, 4.69) is 4.72 Å². The summed E-state index contributed by atoms with van der Waals surface area (Å²) in [6.45, 7) is 3.73. The molecule has 2 bridgehead atoms. The Labute approximate surface area is 126 Å². The van der Waals surface area contributed by atoms with Crippen LogP contribution in [0.2, 0.25) is 0 Å². The average molecular weight is 309 g/mol. The summed E-state index contributed by atoms with van der Waals surface area (Å²) >= 11 is 0. The molecule has 2 aliphatic carbocycles. The topological polar surface area (TPSA) is 55.4 Å². The van der Waals surface area contributed by atoms with Crippen LogP contribution in [-0.2, 0) is 10.0 Å². The highest BCUT2D eigenvalue weighted by Gasteiger charge is 2.41. The molecule has 3 rings (SSSR count).